The Bertz CT molecular complexity index is 1390. The first-order valence-electron chi connectivity index (χ1n) is 13.8. The first-order valence-corrected chi connectivity index (χ1v) is 13.8. The molecule has 41 heavy (non-hydrogen) atoms. The third kappa shape index (κ3) is 6.33. The number of amides is 1. The number of fused-ring (bicyclic) bond motifs is 1. The summed E-state index contributed by atoms with van der Waals surface area (Å²) in [5, 5.41) is 3.06. The number of aliphatic imine (C=N–C) groups is 2. The third-order valence-electron chi connectivity index (χ3n) is 7.76. The highest BCUT2D eigenvalue weighted by Crippen LogP contribution is 2.39. The molecule has 0 radical (unpaired) electrons. The lowest BCUT2D eigenvalue weighted by Gasteiger charge is -2.36. The molecule has 5 rings (SSSR count). The molecule has 3 aliphatic rings. The second-order valence-corrected chi connectivity index (χ2v) is 10.7. The van der Waals surface area contributed by atoms with Crippen LogP contribution in [0.2, 0.25) is 0 Å². The van der Waals surface area contributed by atoms with Crippen molar-refractivity contribution in [2.45, 2.75) is 44.3 Å². The number of pyridine rings is 1. The van der Waals surface area contributed by atoms with Gasteiger partial charge in [-0.15, -0.1) is 0 Å². The molecule has 3 atom stereocenters. The number of nitrogens with one attached hydrogen (secondary N) is 2. The monoisotopic (exact) mass is 564 g/mol. The van der Waals surface area contributed by atoms with Crippen LogP contribution in [-0.4, -0.2) is 85.5 Å². The predicted octanol–water partition coefficient (Wildman–Crippen LogP) is 2.37. The number of allylic oxidation sites excluding steroid dienone is 1. The lowest BCUT2D eigenvalue weighted by atomic mass is 9.87. The molecule has 1 aromatic heterocycles. The minimum atomic E-state index is -0.417. The molecule has 1 aromatic carbocycles. The number of carbonyl (C=O) groups is 1. The first kappa shape index (κ1) is 28.5. The number of methoxy groups -OCH3 is 1. The van der Waals surface area contributed by atoms with Crippen molar-refractivity contribution in [1.82, 2.24) is 25.6 Å². The highest BCUT2D eigenvalue weighted by molar-refractivity contribution is 6.02. The Labute approximate surface area is 239 Å². The van der Waals surface area contributed by atoms with Gasteiger partial charge in [-0.05, 0) is 57.6 Å². The van der Waals surface area contributed by atoms with Crippen LogP contribution in [0.1, 0.15) is 37.8 Å². The van der Waals surface area contributed by atoms with Crippen molar-refractivity contribution in [3.8, 4) is 17.1 Å². The van der Waals surface area contributed by atoms with Crippen molar-refractivity contribution in [3.63, 3.8) is 0 Å². The molecule has 0 bridgehead atoms. The molecule has 12 heteroatoms. The third-order valence-corrected chi connectivity index (χ3v) is 7.76. The van der Waals surface area contributed by atoms with E-state index >= 15 is 0 Å². The molecule has 1 fully saturated rings. The van der Waals surface area contributed by atoms with E-state index in [9.17, 15) is 9.18 Å². The number of carbonyl (C=O) groups excluding carboxylic acids is 1. The van der Waals surface area contributed by atoms with Gasteiger partial charge in [0.15, 0.2) is 18.4 Å². The SMILES string of the molecule is COc1cccc(-c2cc(F)ccc2[C@H]2CC3N=C(N)NC(C)=C3C(NOCC(=O)N3CCCC(N(C)C)C3)=N2)n1. The number of hydrogen-bond acceptors (Lipinski definition) is 10. The van der Waals surface area contributed by atoms with E-state index in [0.717, 1.165) is 29.7 Å². The lowest BCUT2D eigenvalue weighted by Crippen LogP contribution is -2.49. The molecule has 0 saturated carbocycles. The number of likely N-dealkylation sites (N-methyl/N-ethyl adjacent to an activating group) is 1. The van der Waals surface area contributed by atoms with Crippen LogP contribution in [0, 0.1) is 5.82 Å². The Morgan fingerprint density at radius 3 is 2.85 bits per heavy atom. The van der Waals surface area contributed by atoms with Gasteiger partial charge in [0.1, 0.15) is 5.82 Å². The summed E-state index contributed by atoms with van der Waals surface area (Å²) in [4.78, 5) is 36.8. The Balaban J connectivity index is 1.41. The molecule has 3 aliphatic heterocycles. The summed E-state index contributed by atoms with van der Waals surface area (Å²) in [7, 11) is 5.60. The van der Waals surface area contributed by atoms with E-state index in [1.165, 1.54) is 19.2 Å². The number of halogens is 1. The number of rotatable bonds is 7. The molecule has 4 heterocycles. The molecule has 1 saturated heterocycles. The summed E-state index contributed by atoms with van der Waals surface area (Å²) in [5.41, 5.74) is 12.5. The summed E-state index contributed by atoms with van der Waals surface area (Å²) >= 11 is 0. The van der Waals surface area contributed by atoms with Crippen molar-refractivity contribution in [2.75, 3.05) is 40.9 Å². The van der Waals surface area contributed by atoms with Crippen LogP contribution in [0.5, 0.6) is 5.88 Å². The van der Waals surface area contributed by atoms with Gasteiger partial charge in [-0.3, -0.25) is 14.6 Å². The Morgan fingerprint density at radius 2 is 2.07 bits per heavy atom. The lowest BCUT2D eigenvalue weighted by molar-refractivity contribution is -0.139. The largest absolute Gasteiger partial charge is 0.481 e. The highest BCUT2D eigenvalue weighted by atomic mass is 19.1. The number of piperidine rings is 1. The molecule has 4 N–H and O–H groups in total. The zero-order chi connectivity index (χ0) is 29.1. The van der Waals surface area contributed by atoms with E-state index in [1.807, 2.05) is 32.0 Å². The number of likely N-dealkylation sites (tertiary alicyclic amines) is 1. The molecule has 2 unspecified atom stereocenters. The molecule has 218 valence electrons. The number of ether oxygens (including phenoxy) is 1. The molecule has 0 spiro atoms. The van der Waals surface area contributed by atoms with Gasteiger partial charge in [0.25, 0.3) is 5.91 Å². The zero-order valence-corrected chi connectivity index (χ0v) is 23.9. The fourth-order valence-electron chi connectivity index (χ4n) is 5.63. The quantitative estimate of drug-likeness (QED) is 0.437. The van der Waals surface area contributed by atoms with Gasteiger partial charge in [0.2, 0.25) is 5.88 Å². The van der Waals surface area contributed by atoms with E-state index in [2.05, 4.69) is 25.7 Å². The first-order chi connectivity index (χ1) is 19.7. The number of aromatic nitrogens is 1. The Kier molecular flexibility index (Phi) is 8.50. The van der Waals surface area contributed by atoms with Gasteiger partial charge < -0.3 is 25.6 Å². The van der Waals surface area contributed by atoms with E-state index in [0.29, 0.717) is 54.5 Å². The summed E-state index contributed by atoms with van der Waals surface area (Å²) in [6.45, 7) is 3.14. The average molecular weight is 565 g/mol. The summed E-state index contributed by atoms with van der Waals surface area (Å²) < 4.78 is 19.8. The second kappa shape index (κ2) is 12.2. The number of hydroxylamine groups is 1. The van der Waals surface area contributed by atoms with Crippen molar-refractivity contribution in [2.24, 2.45) is 15.7 Å². The zero-order valence-electron chi connectivity index (χ0n) is 23.9. The minimum Gasteiger partial charge on any atom is -0.481 e. The van der Waals surface area contributed by atoms with Crippen LogP contribution in [0.3, 0.4) is 0 Å². The summed E-state index contributed by atoms with van der Waals surface area (Å²) in [6.07, 6.45) is 2.52. The van der Waals surface area contributed by atoms with Crippen LogP contribution in [0.4, 0.5) is 4.39 Å². The maximum atomic E-state index is 14.5. The fourth-order valence-corrected chi connectivity index (χ4v) is 5.63. The summed E-state index contributed by atoms with van der Waals surface area (Å²) in [6, 6.07) is 9.52. The minimum absolute atomic E-state index is 0.0896. The molecular formula is C29H37FN8O3. The molecule has 0 aliphatic carbocycles. The molecule has 1 amide bonds. The van der Waals surface area contributed by atoms with Crippen molar-refractivity contribution in [1.29, 1.82) is 0 Å². The van der Waals surface area contributed by atoms with E-state index < -0.39 is 6.04 Å². The van der Waals surface area contributed by atoms with Crippen molar-refractivity contribution >= 4 is 17.7 Å². The van der Waals surface area contributed by atoms with Crippen LogP contribution in [0.15, 0.2) is 57.7 Å². The standard InChI is InChI=1S/C29H37FN8O3/c1-17-27-24(35-29(31)32-17)14-23(20-11-10-18(30)13-21(20)22-8-5-9-25(33-22)40-4)34-28(27)36-41-16-26(39)38-12-6-7-19(15-38)37(2)3/h5,8-11,13,19,23-24H,6-7,12,14-16H2,1-4H3,(H,34,36)(H3,31,32,35)/t19?,23-,24?/m1/s1. The van der Waals surface area contributed by atoms with Gasteiger partial charge >= 0.3 is 0 Å². The smallest absolute Gasteiger partial charge is 0.251 e. The van der Waals surface area contributed by atoms with Crippen LogP contribution < -0.4 is 21.3 Å². The van der Waals surface area contributed by atoms with Gasteiger partial charge in [0.05, 0.1) is 24.9 Å². The Morgan fingerprint density at radius 1 is 1.24 bits per heavy atom. The topological polar surface area (TPSA) is 130 Å². The molecular weight excluding hydrogens is 527 g/mol. The van der Waals surface area contributed by atoms with Crippen molar-refractivity contribution < 1.29 is 18.8 Å². The molecule has 11 nitrogen and oxygen atoms in total. The number of guanidine groups is 1. The molecule has 2 aromatic rings. The van der Waals surface area contributed by atoms with E-state index in [1.54, 1.807) is 18.2 Å². The Hall–Kier alpha value is -4.03. The predicted molar refractivity (Wildman–Crippen MR) is 155 cm³/mol. The van der Waals surface area contributed by atoms with E-state index in [-0.39, 0.29) is 24.4 Å². The normalized spacial score (nSPS) is 22.5. The maximum absolute atomic E-state index is 14.5. The van der Waals surface area contributed by atoms with E-state index in [4.69, 9.17) is 20.3 Å². The number of nitrogens with two attached hydrogens (primary N) is 1. The van der Waals surface area contributed by atoms with Crippen LogP contribution >= 0.6 is 0 Å². The van der Waals surface area contributed by atoms with Gasteiger partial charge in [-0.1, -0.05) is 12.1 Å². The number of benzene rings is 1. The average Bonchev–Trinajstić information content (AvgIpc) is 2.96. The van der Waals surface area contributed by atoms with Crippen molar-refractivity contribution in [3.05, 3.63) is 59.0 Å². The second-order valence-electron chi connectivity index (χ2n) is 10.7. The fraction of sp³-hybridized carbons (Fsp3) is 0.448. The number of hydrogen-bond donors (Lipinski definition) is 3. The van der Waals surface area contributed by atoms with Crippen LogP contribution in [0.25, 0.3) is 11.3 Å². The number of nitrogens with zero attached hydrogens (tertiary/aromatic N) is 5. The maximum Gasteiger partial charge on any atom is 0.251 e. The van der Waals surface area contributed by atoms with Gasteiger partial charge in [0, 0.05) is 48.5 Å². The van der Waals surface area contributed by atoms with Gasteiger partial charge in [-0.25, -0.2) is 19.8 Å². The van der Waals surface area contributed by atoms with Gasteiger partial charge in [-0.2, -0.15) is 0 Å². The summed E-state index contributed by atoms with van der Waals surface area (Å²) in [5.74, 6) is 0.699. The highest BCUT2D eigenvalue weighted by Gasteiger charge is 2.35. The number of amidine groups is 1. The van der Waals surface area contributed by atoms with Crippen LogP contribution in [-0.2, 0) is 9.63 Å².